The van der Waals surface area contributed by atoms with Crippen LogP contribution in [0.3, 0.4) is 0 Å². The van der Waals surface area contributed by atoms with Gasteiger partial charge in [-0.3, -0.25) is 4.79 Å². The zero-order chi connectivity index (χ0) is 13.8. The lowest BCUT2D eigenvalue weighted by Crippen LogP contribution is -2.21. The molecule has 0 radical (unpaired) electrons. The Morgan fingerprint density at radius 1 is 1.26 bits per heavy atom. The molecule has 1 aromatic heterocycles. The van der Waals surface area contributed by atoms with Crippen LogP contribution in [0.25, 0.3) is 0 Å². The standard InChI is InChI=1S/C14H16ClN3O/c1-3-10-4-6-11(7-5-10)9-18(2)12-8-16-17-14(19)13(12)15/h4-8H,3,9H2,1-2H3,(H,17,19). The molecule has 0 saturated carbocycles. The summed E-state index contributed by atoms with van der Waals surface area (Å²) in [5, 5.41) is 6.25. The van der Waals surface area contributed by atoms with Gasteiger partial charge in [0, 0.05) is 13.6 Å². The predicted molar refractivity (Wildman–Crippen MR) is 77.8 cm³/mol. The molecule has 0 bridgehead atoms. The predicted octanol–water partition coefficient (Wildman–Crippen LogP) is 2.62. The van der Waals surface area contributed by atoms with E-state index in [-0.39, 0.29) is 10.6 Å². The van der Waals surface area contributed by atoms with Crippen LogP contribution < -0.4 is 10.5 Å². The van der Waals surface area contributed by atoms with Gasteiger partial charge in [-0.2, -0.15) is 5.10 Å². The summed E-state index contributed by atoms with van der Waals surface area (Å²) in [4.78, 5) is 13.3. The largest absolute Gasteiger partial charge is 0.368 e. The third-order valence-electron chi connectivity index (χ3n) is 3.04. The summed E-state index contributed by atoms with van der Waals surface area (Å²) < 4.78 is 0. The number of anilines is 1. The number of benzene rings is 1. The fourth-order valence-electron chi connectivity index (χ4n) is 1.88. The molecule has 0 fully saturated rings. The zero-order valence-electron chi connectivity index (χ0n) is 11.0. The number of hydrogen-bond donors (Lipinski definition) is 1. The maximum atomic E-state index is 11.4. The Kier molecular flexibility index (Phi) is 4.22. The summed E-state index contributed by atoms with van der Waals surface area (Å²) in [6.45, 7) is 2.80. The van der Waals surface area contributed by atoms with E-state index in [1.54, 1.807) is 6.20 Å². The van der Waals surface area contributed by atoms with Gasteiger partial charge in [0.1, 0.15) is 5.02 Å². The quantitative estimate of drug-likeness (QED) is 0.935. The maximum Gasteiger partial charge on any atom is 0.285 e. The number of halogens is 1. The number of nitrogens with one attached hydrogen (secondary N) is 1. The minimum absolute atomic E-state index is 0.169. The van der Waals surface area contributed by atoms with Gasteiger partial charge >= 0.3 is 0 Å². The van der Waals surface area contributed by atoms with Gasteiger partial charge in [-0.05, 0) is 17.5 Å². The van der Waals surface area contributed by atoms with Crippen molar-refractivity contribution in [3.8, 4) is 0 Å². The Hall–Kier alpha value is -1.81. The SMILES string of the molecule is CCc1ccc(CN(C)c2cn[nH]c(=O)c2Cl)cc1. The molecule has 0 aliphatic rings. The molecule has 19 heavy (non-hydrogen) atoms. The highest BCUT2D eigenvalue weighted by atomic mass is 35.5. The molecule has 2 rings (SSSR count). The topological polar surface area (TPSA) is 49.0 Å². The number of H-pyrrole nitrogens is 1. The summed E-state index contributed by atoms with van der Waals surface area (Å²) in [5.74, 6) is 0. The highest BCUT2D eigenvalue weighted by Crippen LogP contribution is 2.20. The van der Waals surface area contributed by atoms with E-state index < -0.39 is 0 Å². The van der Waals surface area contributed by atoms with Crippen LogP contribution in [0.4, 0.5) is 5.69 Å². The van der Waals surface area contributed by atoms with E-state index in [1.807, 2.05) is 11.9 Å². The van der Waals surface area contributed by atoms with Crippen molar-refractivity contribution in [3.63, 3.8) is 0 Å². The van der Waals surface area contributed by atoms with Gasteiger partial charge in [0.2, 0.25) is 0 Å². The van der Waals surface area contributed by atoms with E-state index in [9.17, 15) is 4.79 Å². The van der Waals surface area contributed by atoms with E-state index in [2.05, 4.69) is 41.4 Å². The van der Waals surface area contributed by atoms with Gasteiger partial charge in [-0.15, -0.1) is 0 Å². The Morgan fingerprint density at radius 2 is 1.89 bits per heavy atom. The first-order chi connectivity index (χ1) is 9.11. The molecule has 4 nitrogen and oxygen atoms in total. The van der Waals surface area contributed by atoms with E-state index in [0.29, 0.717) is 12.2 Å². The molecule has 0 aliphatic heterocycles. The highest BCUT2D eigenvalue weighted by molar-refractivity contribution is 6.32. The minimum Gasteiger partial charge on any atom is -0.368 e. The molecular weight excluding hydrogens is 262 g/mol. The molecule has 100 valence electrons. The average Bonchev–Trinajstić information content (AvgIpc) is 2.42. The number of aryl methyl sites for hydroxylation is 1. The molecule has 0 saturated heterocycles. The fraction of sp³-hybridized carbons (Fsp3) is 0.286. The number of hydrogen-bond acceptors (Lipinski definition) is 3. The lowest BCUT2D eigenvalue weighted by molar-refractivity contribution is 0.893. The van der Waals surface area contributed by atoms with Crippen LogP contribution in [0.1, 0.15) is 18.1 Å². The first kappa shape index (κ1) is 13.6. The van der Waals surface area contributed by atoms with Crippen molar-refractivity contribution in [2.45, 2.75) is 19.9 Å². The minimum atomic E-state index is -0.368. The van der Waals surface area contributed by atoms with Crippen molar-refractivity contribution < 1.29 is 0 Å². The van der Waals surface area contributed by atoms with E-state index in [4.69, 9.17) is 11.6 Å². The van der Waals surface area contributed by atoms with Gasteiger partial charge in [0.15, 0.2) is 0 Å². The van der Waals surface area contributed by atoms with Crippen LogP contribution in [0.5, 0.6) is 0 Å². The third kappa shape index (κ3) is 3.15. The lowest BCUT2D eigenvalue weighted by atomic mass is 10.1. The number of rotatable bonds is 4. The van der Waals surface area contributed by atoms with Crippen molar-refractivity contribution in [3.05, 3.63) is 57.0 Å². The zero-order valence-corrected chi connectivity index (χ0v) is 11.7. The fourth-order valence-corrected chi connectivity index (χ4v) is 2.11. The molecule has 0 aliphatic carbocycles. The van der Waals surface area contributed by atoms with Crippen molar-refractivity contribution in [1.29, 1.82) is 0 Å². The Labute approximate surface area is 117 Å². The molecule has 1 aromatic carbocycles. The summed E-state index contributed by atoms with van der Waals surface area (Å²) in [6, 6.07) is 8.40. The van der Waals surface area contributed by atoms with Crippen LogP contribution in [0.15, 0.2) is 35.3 Å². The number of nitrogens with zero attached hydrogens (tertiary/aromatic N) is 2. The van der Waals surface area contributed by atoms with E-state index in [1.165, 1.54) is 5.56 Å². The second kappa shape index (κ2) is 5.89. The van der Waals surface area contributed by atoms with E-state index in [0.717, 1.165) is 12.0 Å². The molecule has 2 aromatic rings. The number of aromatic nitrogens is 2. The van der Waals surface area contributed by atoms with Gasteiger partial charge in [0.25, 0.3) is 5.56 Å². The second-order valence-electron chi connectivity index (χ2n) is 4.42. The van der Waals surface area contributed by atoms with Gasteiger partial charge in [-0.1, -0.05) is 42.8 Å². The van der Waals surface area contributed by atoms with Crippen LogP contribution in [0, 0.1) is 0 Å². The maximum absolute atomic E-state index is 11.4. The van der Waals surface area contributed by atoms with Crippen molar-refractivity contribution in [2.24, 2.45) is 0 Å². The Bertz CT molecular complexity index is 607. The van der Waals surface area contributed by atoms with Crippen LogP contribution in [0.2, 0.25) is 5.02 Å². The summed E-state index contributed by atoms with van der Waals surface area (Å²) >= 11 is 5.98. The lowest BCUT2D eigenvalue weighted by Gasteiger charge is -2.19. The molecular formula is C14H16ClN3O. The van der Waals surface area contributed by atoms with Gasteiger partial charge in [-0.25, -0.2) is 5.10 Å². The van der Waals surface area contributed by atoms with Gasteiger partial charge in [0.05, 0.1) is 11.9 Å². The van der Waals surface area contributed by atoms with Crippen LogP contribution in [-0.4, -0.2) is 17.2 Å². The first-order valence-corrected chi connectivity index (χ1v) is 6.51. The summed E-state index contributed by atoms with van der Waals surface area (Å²) in [5.41, 5.74) is 2.73. The van der Waals surface area contributed by atoms with Crippen molar-refractivity contribution >= 4 is 17.3 Å². The average molecular weight is 278 g/mol. The van der Waals surface area contributed by atoms with Crippen LogP contribution >= 0.6 is 11.6 Å². The van der Waals surface area contributed by atoms with E-state index >= 15 is 0 Å². The molecule has 1 N–H and O–H groups in total. The monoisotopic (exact) mass is 277 g/mol. The highest BCUT2D eigenvalue weighted by Gasteiger charge is 2.10. The molecule has 0 spiro atoms. The van der Waals surface area contributed by atoms with Crippen LogP contribution in [-0.2, 0) is 13.0 Å². The molecule has 0 unspecified atom stereocenters. The molecule has 0 amide bonds. The Balaban J connectivity index is 2.18. The normalized spacial score (nSPS) is 10.5. The smallest absolute Gasteiger partial charge is 0.285 e. The third-order valence-corrected chi connectivity index (χ3v) is 3.40. The molecule has 1 heterocycles. The van der Waals surface area contributed by atoms with Crippen molar-refractivity contribution in [2.75, 3.05) is 11.9 Å². The number of aromatic amines is 1. The molecule has 5 heteroatoms. The first-order valence-electron chi connectivity index (χ1n) is 6.14. The summed E-state index contributed by atoms with van der Waals surface area (Å²) in [7, 11) is 1.88. The van der Waals surface area contributed by atoms with Gasteiger partial charge < -0.3 is 4.90 Å². The molecule has 0 atom stereocenters. The van der Waals surface area contributed by atoms with Crippen molar-refractivity contribution in [1.82, 2.24) is 10.2 Å². The Morgan fingerprint density at radius 3 is 2.53 bits per heavy atom. The second-order valence-corrected chi connectivity index (χ2v) is 4.80. The summed E-state index contributed by atoms with van der Waals surface area (Å²) in [6.07, 6.45) is 2.59.